The number of carboxylic acid groups (broad SMARTS) is 1. The summed E-state index contributed by atoms with van der Waals surface area (Å²) < 4.78 is 0. The first kappa shape index (κ1) is 30.2. The zero-order valence-corrected chi connectivity index (χ0v) is 22.9. The van der Waals surface area contributed by atoms with Gasteiger partial charge in [0.25, 0.3) is 0 Å². The second-order valence-corrected chi connectivity index (χ2v) is 10.8. The number of thioether (sulfide) groups is 1. The highest BCUT2D eigenvalue weighted by Crippen LogP contribution is 2.19. The number of hydrogen-bond donors (Lipinski definition) is 6. The molecule has 3 amide bonds. The maximum absolute atomic E-state index is 13.5. The van der Waals surface area contributed by atoms with E-state index in [1.165, 1.54) is 0 Å². The van der Waals surface area contributed by atoms with Crippen molar-refractivity contribution >= 4 is 46.4 Å². The minimum Gasteiger partial charge on any atom is -0.480 e. The number of fused-ring (bicyclic) bond motifs is 1. The quantitative estimate of drug-likeness (QED) is 0.215. The van der Waals surface area contributed by atoms with Gasteiger partial charge in [0.2, 0.25) is 17.7 Å². The van der Waals surface area contributed by atoms with E-state index in [4.69, 9.17) is 5.73 Å². The second kappa shape index (κ2) is 14.0. The van der Waals surface area contributed by atoms with E-state index in [1.807, 2.05) is 30.5 Å². The molecule has 7 N–H and O–H groups in total. The van der Waals surface area contributed by atoms with Gasteiger partial charge in [-0.05, 0) is 41.9 Å². The number of carbonyl (C=O) groups is 4. The normalized spacial score (nSPS) is 14.7. The van der Waals surface area contributed by atoms with Gasteiger partial charge in [0, 0.05) is 23.5 Å². The maximum atomic E-state index is 13.5. The van der Waals surface area contributed by atoms with Crippen LogP contribution >= 0.6 is 11.8 Å². The van der Waals surface area contributed by atoms with E-state index < -0.39 is 47.9 Å². The lowest BCUT2D eigenvalue weighted by atomic mass is 9.99. The molecule has 4 unspecified atom stereocenters. The molecular formula is C26H39N5O5S. The highest BCUT2D eigenvalue weighted by atomic mass is 32.2. The topological polar surface area (TPSA) is 166 Å². The first-order valence-electron chi connectivity index (χ1n) is 12.4. The van der Waals surface area contributed by atoms with Crippen molar-refractivity contribution in [1.82, 2.24) is 20.9 Å². The average molecular weight is 534 g/mol. The SMILES string of the molecule is CSCCC(N)C(=O)NC(Cc1c[nH]c2ccccc12)C(=O)NC(C(=O)NC(C(=O)O)C(C)C)C(C)C. The number of carboxylic acids is 1. The van der Waals surface area contributed by atoms with Crippen LogP contribution in [0.1, 0.15) is 39.7 Å². The number of aromatic nitrogens is 1. The van der Waals surface area contributed by atoms with Crippen molar-refractivity contribution in [1.29, 1.82) is 0 Å². The highest BCUT2D eigenvalue weighted by molar-refractivity contribution is 7.98. The molecule has 2 rings (SSSR count). The third-order valence-corrected chi connectivity index (χ3v) is 6.82. The van der Waals surface area contributed by atoms with Gasteiger partial charge in [0.15, 0.2) is 0 Å². The van der Waals surface area contributed by atoms with Gasteiger partial charge in [-0.15, -0.1) is 0 Å². The molecule has 37 heavy (non-hydrogen) atoms. The summed E-state index contributed by atoms with van der Waals surface area (Å²) in [7, 11) is 0. The Balaban J connectivity index is 2.28. The Kier molecular flexibility index (Phi) is 11.4. The summed E-state index contributed by atoms with van der Waals surface area (Å²) >= 11 is 1.57. The van der Waals surface area contributed by atoms with Crippen LogP contribution in [0.4, 0.5) is 0 Å². The zero-order valence-electron chi connectivity index (χ0n) is 22.0. The Bertz CT molecular complexity index is 1090. The molecule has 10 nitrogen and oxygen atoms in total. The van der Waals surface area contributed by atoms with Crippen LogP contribution in [0.15, 0.2) is 30.5 Å². The molecule has 0 aliphatic rings. The first-order chi connectivity index (χ1) is 17.5. The van der Waals surface area contributed by atoms with Gasteiger partial charge in [-0.1, -0.05) is 45.9 Å². The molecule has 0 aliphatic carbocycles. The van der Waals surface area contributed by atoms with Crippen LogP contribution in [-0.4, -0.2) is 70.0 Å². The molecule has 0 spiro atoms. The molecular weight excluding hydrogens is 494 g/mol. The Morgan fingerprint density at radius 1 is 0.946 bits per heavy atom. The number of carbonyl (C=O) groups excluding carboxylic acids is 3. The van der Waals surface area contributed by atoms with Gasteiger partial charge in [-0.3, -0.25) is 14.4 Å². The standard InChI is InChI=1S/C26H39N5O5S/c1-14(2)21(25(34)31-22(15(3)4)26(35)36)30-24(33)20(29-23(32)18(27)10-11-37-5)12-16-13-28-19-9-7-6-8-17(16)19/h6-9,13-15,18,20-22,28H,10-12,27H2,1-5H3,(H,29,32)(H,30,33)(H,31,34)(H,35,36). The lowest BCUT2D eigenvalue weighted by molar-refractivity contribution is -0.143. The molecule has 0 radical (unpaired) electrons. The molecule has 0 aliphatic heterocycles. The minimum atomic E-state index is -1.15. The van der Waals surface area contributed by atoms with E-state index in [1.54, 1.807) is 45.7 Å². The van der Waals surface area contributed by atoms with Crippen molar-refractivity contribution < 1.29 is 24.3 Å². The third-order valence-electron chi connectivity index (χ3n) is 6.18. The van der Waals surface area contributed by atoms with Crippen molar-refractivity contribution in [3.8, 4) is 0 Å². The van der Waals surface area contributed by atoms with E-state index in [0.29, 0.717) is 12.2 Å². The largest absolute Gasteiger partial charge is 0.480 e. The molecule has 4 atom stereocenters. The van der Waals surface area contributed by atoms with Crippen LogP contribution in [0, 0.1) is 11.8 Å². The fraction of sp³-hybridized carbons (Fsp3) is 0.538. The predicted molar refractivity (Wildman–Crippen MR) is 146 cm³/mol. The monoisotopic (exact) mass is 533 g/mol. The van der Waals surface area contributed by atoms with E-state index >= 15 is 0 Å². The van der Waals surface area contributed by atoms with Crippen molar-refractivity contribution in [2.45, 2.75) is 64.7 Å². The first-order valence-corrected chi connectivity index (χ1v) is 13.8. The van der Waals surface area contributed by atoms with Crippen LogP contribution in [0.25, 0.3) is 10.9 Å². The summed E-state index contributed by atoms with van der Waals surface area (Å²) in [6, 6.07) is 3.74. The summed E-state index contributed by atoms with van der Waals surface area (Å²) in [6.07, 6.45) is 4.34. The number of nitrogens with two attached hydrogens (primary N) is 1. The number of aromatic amines is 1. The lowest BCUT2D eigenvalue weighted by Crippen LogP contribution is -2.59. The van der Waals surface area contributed by atoms with E-state index in [9.17, 15) is 24.3 Å². The molecule has 2 aromatic rings. The highest BCUT2D eigenvalue weighted by Gasteiger charge is 2.33. The molecule has 0 saturated carbocycles. The Labute approximate surface area is 221 Å². The molecule has 204 valence electrons. The number of nitrogens with one attached hydrogen (secondary N) is 4. The second-order valence-electron chi connectivity index (χ2n) is 9.81. The zero-order chi connectivity index (χ0) is 27.7. The molecule has 0 fully saturated rings. The van der Waals surface area contributed by atoms with Crippen LogP contribution in [0.5, 0.6) is 0 Å². The lowest BCUT2D eigenvalue weighted by Gasteiger charge is -2.28. The number of hydrogen-bond acceptors (Lipinski definition) is 6. The smallest absolute Gasteiger partial charge is 0.326 e. The van der Waals surface area contributed by atoms with Crippen molar-refractivity contribution in [2.24, 2.45) is 17.6 Å². The van der Waals surface area contributed by atoms with E-state index in [0.717, 1.165) is 16.5 Å². The number of amides is 3. The number of rotatable bonds is 14. The third kappa shape index (κ3) is 8.50. The molecule has 0 bridgehead atoms. The molecule has 1 heterocycles. The van der Waals surface area contributed by atoms with Crippen LogP contribution < -0.4 is 21.7 Å². The fourth-order valence-electron chi connectivity index (χ4n) is 3.93. The van der Waals surface area contributed by atoms with Gasteiger partial charge in [-0.2, -0.15) is 11.8 Å². The average Bonchev–Trinajstić information content (AvgIpc) is 3.25. The predicted octanol–water partition coefficient (Wildman–Crippen LogP) is 1.64. The van der Waals surface area contributed by atoms with Gasteiger partial charge < -0.3 is 31.8 Å². The van der Waals surface area contributed by atoms with E-state index in [-0.39, 0.29) is 18.3 Å². The summed E-state index contributed by atoms with van der Waals surface area (Å²) in [5.74, 6) is -2.74. The van der Waals surface area contributed by atoms with Gasteiger partial charge in [0.05, 0.1) is 6.04 Å². The van der Waals surface area contributed by atoms with Crippen molar-refractivity contribution in [3.63, 3.8) is 0 Å². The number of para-hydroxylation sites is 1. The molecule has 1 aromatic heterocycles. The minimum absolute atomic E-state index is 0.174. The van der Waals surface area contributed by atoms with Crippen LogP contribution in [0.3, 0.4) is 0 Å². The summed E-state index contributed by atoms with van der Waals surface area (Å²) in [5.41, 5.74) is 7.76. The van der Waals surface area contributed by atoms with Gasteiger partial charge in [-0.25, -0.2) is 4.79 Å². The van der Waals surface area contributed by atoms with Crippen molar-refractivity contribution in [3.05, 3.63) is 36.0 Å². The molecule has 11 heteroatoms. The summed E-state index contributed by atoms with van der Waals surface area (Å²) in [6.45, 7) is 6.88. The number of benzene rings is 1. The van der Waals surface area contributed by atoms with Gasteiger partial charge >= 0.3 is 5.97 Å². The fourth-order valence-corrected chi connectivity index (χ4v) is 4.42. The summed E-state index contributed by atoms with van der Waals surface area (Å²) in [4.78, 5) is 54.0. The maximum Gasteiger partial charge on any atom is 0.326 e. The van der Waals surface area contributed by atoms with E-state index in [2.05, 4.69) is 20.9 Å². The Morgan fingerprint density at radius 3 is 2.16 bits per heavy atom. The summed E-state index contributed by atoms with van der Waals surface area (Å²) in [5, 5.41) is 18.4. The molecule has 0 saturated heterocycles. The number of aliphatic carboxylic acids is 1. The van der Waals surface area contributed by atoms with Crippen LogP contribution in [0.2, 0.25) is 0 Å². The van der Waals surface area contributed by atoms with Crippen molar-refractivity contribution in [2.75, 3.05) is 12.0 Å². The Morgan fingerprint density at radius 2 is 1.57 bits per heavy atom. The van der Waals surface area contributed by atoms with Crippen LogP contribution in [-0.2, 0) is 25.6 Å². The Hall–Kier alpha value is -3.05. The van der Waals surface area contributed by atoms with Gasteiger partial charge in [0.1, 0.15) is 18.1 Å². The number of H-pyrrole nitrogens is 1. The molecule has 1 aromatic carbocycles.